The van der Waals surface area contributed by atoms with Crippen molar-refractivity contribution < 1.29 is 8.42 Å². The maximum Gasteiger partial charge on any atom is 0.244 e. The Morgan fingerprint density at radius 1 is 1.50 bits per heavy atom. The number of fused-ring (bicyclic) bond motifs is 1. The molecule has 3 rings (SSSR count). The van der Waals surface area contributed by atoms with Crippen molar-refractivity contribution in [3.05, 3.63) is 14.7 Å². The molecule has 2 saturated heterocycles. The maximum atomic E-state index is 12.7. The second-order valence-electron chi connectivity index (χ2n) is 4.86. The SMILES string of the molecule is Cc1sc(Br)cc1S(=O)(=O)N1CC[C@H]2CNC[C@H]21. The Labute approximate surface area is 120 Å². The van der Waals surface area contributed by atoms with Crippen molar-refractivity contribution in [2.75, 3.05) is 19.6 Å². The van der Waals surface area contributed by atoms with E-state index in [0.717, 1.165) is 28.2 Å². The number of halogens is 1. The Balaban J connectivity index is 1.98. The first-order valence-electron chi connectivity index (χ1n) is 5.98. The van der Waals surface area contributed by atoms with E-state index in [1.54, 1.807) is 10.4 Å². The third-order valence-electron chi connectivity index (χ3n) is 3.82. The summed E-state index contributed by atoms with van der Waals surface area (Å²) in [5, 5.41) is 3.28. The molecule has 1 N–H and O–H groups in total. The highest BCUT2D eigenvalue weighted by Gasteiger charge is 2.44. The number of hydrogen-bond donors (Lipinski definition) is 1. The van der Waals surface area contributed by atoms with Crippen LogP contribution in [0, 0.1) is 12.8 Å². The summed E-state index contributed by atoms with van der Waals surface area (Å²) >= 11 is 4.84. The largest absolute Gasteiger partial charge is 0.315 e. The fourth-order valence-electron chi connectivity index (χ4n) is 2.92. The van der Waals surface area contributed by atoms with Gasteiger partial charge in [0.05, 0.1) is 8.68 Å². The minimum Gasteiger partial charge on any atom is -0.315 e. The molecule has 2 aliphatic rings. The van der Waals surface area contributed by atoms with E-state index < -0.39 is 10.0 Å². The monoisotopic (exact) mass is 350 g/mol. The molecule has 2 fully saturated rings. The molecule has 0 spiro atoms. The lowest BCUT2D eigenvalue weighted by Crippen LogP contribution is -2.39. The van der Waals surface area contributed by atoms with E-state index in [4.69, 9.17) is 0 Å². The van der Waals surface area contributed by atoms with Gasteiger partial charge in [0, 0.05) is 24.0 Å². The topological polar surface area (TPSA) is 49.4 Å². The molecule has 0 unspecified atom stereocenters. The summed E-state index contributed by atoms with van der Waals surface area (Å²) in [6.45, 7) is 4.26. The summed E-state index contributed by atoms with van der Waals surface area (Å²) in [7, 11) is -3.33. The molecule has 0 radical (unpaired) electrons. The number of aryl methyl sites for hydroxylation is 1. The molecule has 100 valence electrons. The molecular formula is C11H15BrN2O2S2. The molecule has 0 aromatic carbocycles. The lowest BCUT2D eigenvalue weighted by atomic mass is 10.1. The Morgan fingerprint density at radius 3 is 2.94 bits per heavy atom. The Morgan fingerprint density at radius 2 is 2.28 bits per heavy atom. The molecule has 3 heterocycles. The van der Waals surface area contributed by atoms with Crippen LogP contribution in [0.5, 0.6) is 0 Å². The van der Waals surface area contributed by atoms with Crippen molar-refractivity contribution in [3.63, 3.8) is 0 Å². The van der Waals surface area contributed by atoms with Gasteiger partial charge in [0.15, 0.2) is 0 Å². The first kappa shape index (κ1) is 13.1. The zero-order valence-corrected chi connectivity index (χ0v) is 13.2. The van der Waals surface area contributed by atoms with Gasteiger partial charge in [0.25, 0.3) is 0 Å². The van der Waals surface area contributed by atoms with Crippen LogP contribution in [0.25, 0.3) is 0 Å². The maximum absolute atomic E-state index is 12.7. The summed E-state index contributed by atoms with van der Waals surface area (Å²) < 4.78 is 28.0. The molecule has 2 atom stereocenters. The van der Waals surface area contributed by atoms with E-state index in [9.17, 15) is 8.42 Å². The Kier molecular flexibility index (Phi) is 3.30. The first-order chi connectivity index (χ1) is 8.50. The van der Waals surface area contributed by atoms with Crippen molar-refractivity contribution in [1.29, 1.82) is 0 Å². The molecule has 1 aromatic heterocycles. The van der Waals surface area contributed by atoms with Crippen molar-refractivity contribution in [2.24, 2.45) is 5.92 Å². The van der Waals surface area contributed by atoms with Gasteiger partial charge in [-0.15, -0.1) is 11.3 Å². The van der Waals surface area contributed by atoms with E-state index in [2.05, 4.69) is 21.2 Å². The summed E-state index contributed by atoms with van der Waals surface area (Å²) in [5.74, 6) is 0.488. The first-order valence-corrected chi connectivity index (χ1v) is 9.03. The lowest BCUT2D eigenvalue weighted by Gasteiger charge is -2.22. The molecule has 0 amide bonds. The third-order valence-corrected chi connectivity index (χ3v) is 7.56. The average molecular weight is 351 g/mol. The van der Waals surface area contributed by atoms with Crippen molar-refractivity contribution in [1.82, 2.24) is 9.62 Å². The highest BCUT2D eigenvalue weighted by molar-refractivity contribution is 9.11. The number of sulfonamides is 1. The fraction of sp³-hybridized carbons (Fsp3) is 0.636. The molecule has 0 bridgehead atoms. The smallest absolute Gasteiger partial charge is 0.244 e. The van der Waals surface area contributed by atoms with Crippen LogP contribution in [0.2, 0.25) is 0 Å². The van der Waals surface area contributed by atoms with Gasteiger partial charge in [-0.1, -0.05) is 0 Å². The van der Waals surface area contributed by atoms with Gasteiger partial charge in [-0.25, -0.2) is 8.42 Å². The predicted octanol–water partition coefficient (Wildman–Crippen LogP) is 1.80. The van der Waals surface area contributed by atoms with Crippen molar-refractivity contribution in [2.45, 2.75) is 24.3 Å². The van der Waals surface area contributed by atoms with Crippen molar-refractivity contribution in [3.8, 4) is 0 Å². The quantitative estimate of drug-likeness (QED) is 0.884. The van der Waals surface area contributed by atoms with Gasteiger partial charge in [-0.3, -0.25) is 0 Å². The standard InChI is InChI=1S/C11H15BrN2O2S2/c1-7-10(4-11(12)17-7)18(15,16)14-3-2-8-5-13-6-9(8)14/h4,8-9,13H,2-3,5-6H2,1H3/t8-,9+/m0/s1. The second kappa shape index (κ2) is 4.56. The van der Waals surface area contributed by atoms with Gasteiger partial charge in [0.1, 0.15) is 0 Å². The lowest BCUT2D eigenvalue weighted by molar-refractivity contribution is 0.383. The summed E-state index contributed by atoms with van der Waals surface area (Å²) in [6.07, 6.45) is 0.973. The van der Waals surface area contributed by atoms with Gasteiger partial charge >= 0.3 is 0 Å². The minimum absolute atomic E-state index is 0.146. The van der Waals surface area contributed by atoms with Crippen LogP contribution in [0.4, 0.5) is 0 Å². The fourth-order valence-corrected chi connectivity index (χ4v) is 7.01. The second-order valence-corrected chi connectivity index (χ2v) is 9.36. The molecule has 7 heteroatoms. The molecular weight excluding hydrogens is 336 g/mol. The van der Waals surface area contributed by atoms with Crippen molar-refractivity contribution >= 4 is 37.3 Å². The summed E-state index contributed by atoms with van der Waals surface area (Å²) in [4.78, 5) is 1.32. The van der Waals surface area contributed by atoms with E-state index in [1.165, 1.54) is 11.3 Å². The Hall–Kier alpha value is 0.0500. The van der Waals surface area contributed by atoms with E-state index in [1.807, 2.05) is 6.92 Å². The highest BCUT2D eigenvalue weighted by Crippen LogP contribution is 2.36. The van der Waals surface area contributed by atoms with E-state index in [0.29, 0.717) is 17.4 Å². The molecule has 2 aliphatic heterocycles. The minimum atomic E-state index is -3.33. The highest BCUT2D eigenvalue weighted by atomic mass is 79.9. The molecule has 18 heavy (non-hydrogen) atoms. The number of thiophene rings is 1. The average Bonchev–Trinajstić information content (AvgIpc) is 2.91. The van der Waals surface area contributed by atoms with Crippen LogP contribution in [-0.4, -0.2) is 38.4 Å². The Bertz CT molecular complexity index is 570. The zero-order valence-electron chi connectivity index (χ0n) is 10.0. The van der Waals surface area contributed by atoms with Crippen LogP contribution >= 0.6 is 27.3 Å². The molecule has 4 nitrogen and oxygen atoms in total. The molecule has 1 aromatic rings. The normalized spacial score (nSPS) is 28.8. The number of nitrogens with zero attached hydrogens (tertiary/aromatic N) is 1. The van der Waals surface area contributed by atoms with Crippen LogP contribution in [0.15, 0.2) is 14.7 Å². The summed E-state index contributed by atoms with van der Waals surface area (Å²) in [5.41, 5.74) is 0. The number of hydrogen-bond acceptors (Lipinski definition) is 4. The zero-order chi connectivity index (χ0) is 12.9. The van der Waals surface area contributed by atoms with Crippen LogP contribution in [0.3, 0.4) is 0 Å². The van der Waals surface area contributed by atoms with E-state index in [-0.39, 0.29) is 6.04 Å². The van der Waals surface area contributed by atoms with Crippen LogP contribution in [-0.2, 0) is 10.0 Å². The van der Waals surface area contributed by atoms with Crippen LogP contribution < -0.4 is 5.32 Å². The van der Waals surface area contributed by atoms with Crippen LogP contribution in [0.1, 0.15) is 11.3 Å². The number of rotatable bonds is 2. The third kappa shape index (κ3) is 1.96. The van der Waals surface area contributed by atoms with Gasteiger partial charge in [-0.2, -0.15) is 4.31 Å². The molecule has 0 aliphatic carbocycles. The van der Waals surface area contributed by atoms with Gasteiger partial charge < -0.3 is 5.32 Å². The predicted molar refractivity (Wildman–Crippen MR) is 75.4 cm³/mol. The van der Waals surface area contributed by atoms with Gasteiger partial charge in [0.2, 0.25) is 10.0 Å². The van der Waals surface area contributed by atoms with E-state index >= 15 is 0 Å². The summed E-state index contributed by atoms with van der Waals surface area (Å²) in [6, 6.07) is 1.87. The van der Waals surface area contributed by atoms with Gasteiger partial charge in [-0.05, 0) is 47.8 Å². The molecule has 0 saturated carbocycles. The number of nitrogens with one attached hydrogen (secondary N) is 1.